The predicted octanol–water partition coefficient (Wildman–Crippen LogP) is 1.16. The predicted molar refractivity (Wildman–Crippen MR) is 72.0 cm³/mol. The number of nitrogens with one attached hydrogen (secondary N) is 1. The first-order valence-corrected chi connectivity index (χ1v) is 6.60. The Kier molecular flexibility index (Phi) is 5.40. The summed E-state index contributed by atoms with van der Waals surface area (Å²) in [5.41, 5.74) is 0.220. The normalized spacial score (nSPS) is 16.2. The van der Waals surface area contributed by atoms with E-state index in [1.165, 1.54) is 12.1 Å². The number of hydrogen-bond donors (Lipinski definition) is 1. The molecule has 1 heterocycles. The van der Waals surface area contributed by atoms with Crippen molar-refractivity contribution in [3.8, 4) is 0 Å². The summed E-state index contributed by atoms with van der Waals surface area (Å²) in [6.07, 6.45) is 0. The van der Waals surface area contributed by atoms with Crippen LogP contribution in [0, 0.1) is 15.9 Å². The largest absolute Gasteiger partial charge is 0.379 e. The van der Waals surface area contributed by atoms with Gasteiger partial charge < -0.3 is 10.1 Å². The van der Waals surface area contributed by atoms with E-state index in [4.69, 9.17) is 4.74 Å². The van der Waals surface area contributed by atoms with E-state index in [9.17, 15) is 14.5 Å². The number of nitro benzene ring substituents is 1. The first kappa shape index (κ1) is 14.8. The number of halogens is 1. The molecule has 1 saturated heterocycles. The topological polar surface area (TPSA) is 67.6 Å². The Hall–Kier alpha value is -1.57. The van der Waals surface area contributed by atoms with E-state index in [1.807, 2.05) is 0 Å². The molecule has 2 rings (SSSR count). The van der Waals surface area contributed by atoms with Gasteiger partial charge in [-0.05, 0) is 11.6 Å². The van der Waals surface area contributed by atoms with Crippen molar-refractivity contribution in [1.82, 2.24) is 10.2 Å². The molecule has 1 fully saturated rings. The van der Waals surface area contributed by atoms with Crippen molar-refractivity contribution in [3.05, 3.63) is 39.7 Å². The van der Waals surface area contributed by atoms with E-state index >= 15 is 0 Å². The molecule has 1 aliphatic rings. The van der Waals surface area contributed by atoms with E-state index in [-0.39, 0.29) is 0 Å². The van der Waals surface area contributed by atoms with Gasteiger partial charge in [-0.25, -0.2) is 0 Å². The Balaban J connectivity index is 1.73. The van der Waals surface area contributed by atoms with Crippen LogP contribution in [0.5, 0.6) is 0 Å². The lowest BCUT2D eigenvalue weighted by atomic mass is 10.2. The van der Waals surface area contributed by atoms with Gasteiger partial charge in [0, 0.05) is 38.8 Å². The molecule has 1 aromatic carbocycles. The maximum Gasteiger partial charge on any atom is 0.304 e. The minimum absolute atomic E-state index is 0.484. The zero-order valence-electron chi connectivity index (χ0n) is 11.2. The van der Waals surface area contributed by atoms with Crippen molar-refractivity contribution in [2.75, 3.05) is 39.4 Å². The molecule has 0 amide bonds. The Morgan fingerprint density at radius 3 is 2.80 bits per heavy atom. The average molecular weight is 283 g/mol. The van der Waals surface area contributed by atoms with Crippen LogP contribution in [0.3, 0.4) is 0 Å². The van der Waals surface area contributed by atoms with Gasteiger partial charge in [0.2, 0.25) is 5.82 Å². The summed E-state index contributed by atoms with van der Waals surface area (Å²) in [6, 6.07) is 3.98. The van der Waals surface area contributed by atoms with Crippen LogP contribution in [0.2, 0.25) is 0 Å². The lowest BCUT2D eigenvalue weighted by Gasteiger charge is -2.26. The third-order valence-corrected chi connectivity index (χ3v) is 3.25. The fourth-order valence-corrected chi connectivity index (χ4v) is 2.10. The van der Waals surface area contributed by atoms with Crippen molar-refractivity contribution in [1.29, 1.82) is 0 Å². The molecule has 0 atom stereocenters. The molecule has 0 aliphatic carbocycles. The van der Waals surface area contributed by atoms with Gasteiger partial charge in [0.15, 0.2) is 0 Å². The molecule has 1 aromatic rings. The van der Waals surface area contributed by atoms with Crippen molar-refractivity contribution in [2.24, 2.45) is 0 Å². The molecule has 0 bridgehead atoms. The van der Waals surface area contributed by atoms with Crippen molar-refractivity contribution in [2.45, 2.75) is 6.54 Å². The van der Waals surface area contributed by atoms with Gasteiger partial charge in [0.05, 0.1) is 18.1 Å². The van der Waals surface area contributed by atoms with Crippen molar-refractivity contribution >= 4 is 5.69 Å². The highest BCUT2D eigenvalue weighted by atomic mass is 19.1. The minimum Gasteiger partial charge on any atom is -0.379 e. The Labute approximate surface area is 116 Å². The lowest BCUT2D eigenvalue weighted by Crippen LogP contribution is -2.40. The monoisotopic (exact) mass is 283 g/mol. The van der Waals surface area contributed by atoms with Crippen LogP contribution in [-0.4, -0.2) is 49.2 Å². The molecule has 20 heavy (non-hydrogen) atoms. The minimum atomic E-state index is -0.789. The number of ether oxygens (including phenoxy) is 1. The zero-order chi connectivity index (χ0) is 14.4. The van der Waals surface area contributed by atoms with Crippen molar-refractivity contribution in [3.63, 3.8) is 0 Å². The quantitative estimate of drug-likeness (QED) is 0.482. The summed E-state index contributed by atoms with van der Waals surface area (Å²) in [6.45, 7) is 5.62. The number of rotatable bonds is 6. The van der Waals surface area contributed by atoms with Gasteiger partial charge in [-0.15, -0.1) is 0 Å². The second-order valence-electron chi connectivity index (χ2n) is 4.67. The Morgan fingerprint density at radius 1 is 1.40 bits per heavy atom. The number of hydrogen-bond acceptors (Lipinski definition) is 5. The molecule has 0 radical (unpaired) electrons. The zero-order valence-corrected chi connectivity index (χ0v) is 11.2. The Morgan fingerprint density at radius 2 is 2.15 bits per heavy atom. The first-order valence-electron chi connectivity index (χ1n) is 6.60. The van der Waals surface area contributed by atoms with Gasteiger partial charge in [-0.3, -0.25) is 15.0 Å². The molecule has 0 saturated carbocycles. The van der Waals surface area contributed by atoms with Gasteiger partial charge in [-0.2, -0.15) is 4.39 Å². The van der Waals surface area contributed by atoms with Gasteiger partial charge in [0.25, 0.3) is 0 Å². The lowest BCUT2D eigenvalue weighted by molar-refractivity contribution is -0.387. The first-order chi connectivity index (χ1) is 9.66. The number of morpholine rings is 1. The van der Waals surface area contributed by atoms with Crippen LogP contribution in [0.15, 0.2) is 18.2 Å². The molecule has 1 aliphatic heterocycles. The third kappa shape index (κ3) is 4.22. The number of nitro groups is 1. The van der Waals surface area contributed by atoms with Crippen molar-refractivity contribution < 1.29 is 14.1 Å². The molecule has 0 spiro atoms. The average Bonchev–Trinajstić information content (AvgIpc) is 2.44. The highest BCUT2D eigenvalue weighted by molar-refractivity contribution is 5.34. The fraction of sp³-hybridized carbons (Fsp3) is 0.538. The van der Waals surface area contributed by atoms with Gasteiger partial charge in [-0.1, -0.05) is 6.07 Å². The highest BCUT2D eigenvalue weighted by Gasteiger charge is 2.13. The van der Waals surface area contributed by atoms with Crippen LogP contribution in [0.4, 0.5) is 10.1 Å². The summed E-state index contributed by atoms with van der Waals surface area (Å²) in [4.78, 5) is 12.1. The second kappa shape index (κ2) is 7.28. The highest BCUT2D eigenvalue weighted by Crippen LogP contribution is 2.17. The van der Waals surface area contributed by atoms with Gasteiger partial charge in [0.1, 0.15) is 0 Å². The maximum absolute atomic E-state index is 13.4. The van der Waals surface area contributed by atoms with E-state index in [2.05, 4.69) is 10.2 Å². The Bertz CT molecular complexity index is 464. The molecule has 110 valence electrons. The number of benzene rings is 1. The smallest absolute Gasteiger partial charge is 0.304 e. The molecule has 0 unspecified atom stereocenters. The maximum atomic E-state index is 13.4. The molecule has 0 aromatic heterocycles. The van der Waals surface area contributed by atoms with E-state index < -0.39 is 16.4 Å². The standard InChI is InChI=1S/C13H18FN3O3/c14-12-9-11(1-2-13(12)17(18)19)10-15-3-4-16-5-7-20-8-6-16/h1-2,9,15H,3-8,10H2. The SMILES string of the molecule is O=[N+]([O-])c1ccc(CNCCN2CCOCC2)cc1F. The van der Waals surface area contributed by atoms with Crippen LogP contribution in [0.1, 0.15) is 5.56 Å². The van der Waals surface area contributed by atoms with Crippen LogP contribution in [0.25, 0.3) is 0 Å². The summed E-state index contributed by atoms with van der Waals surface area (Å²) in [7, 11) is 0. The molecule has 1 N–H and O–H groups in total. The van der Waals surface area contributed by atoms with Crippen LogP contribution >= 0.6 is 0 Å². The number of nitrogens with zero attached hydrogens (tertiary/aromatic N) is 2. The van der Waals surface area contributed by atoms with E-state index in [0.29, 0.717) is 12.1 Å². The third-order valence-electron chi connectivity index (χ3n) is 3.25. The van der Waals surface area contributed by atoms with Crippen LogP contribution in [-0.2, 0) is 11.3 Å². The molecule has 6 nitrogen and oxygen atoms in total. The summed E-state index contributed by atoms with van der Waals surface area (Å²) in [5, 5.41) is 13.7. The second-order valence-corrected chi connectivity index (χ2v) is 4.67. The molecule has 7 heteroatoms. The molecular formula is C13H18FN3O3. The van der Waals surface area contributed by atoms with Crippen LogP contribution < -0.4 is 5.32 Å². The summed E-state index contributed by atoms with van der Waals surface area (Å²) in [5.74, 6) is -0.789. The summed E-state index contributed by atoms with van der Waals surface area (Å²) < 4.78 is 18.7. The van der Waals surface area contributed by atoms with Gasteiger partial charge >= 0.3 is 5.69 Å². The fourth-order valence-electron chi connectivity index (χ4n) is 2.10. The van der Waals surface area contributed by atoms with E-state index in [1.54, 1.807) is 6.07 Å². The molecular weight excluding hydrogens is 265 g/mol. The summed E-state index contributed by atoms with van der Waals surface area (Å²) >= 11 is 0. The van der Waals surface area contributed by atoms with E-state index in [0.717, 1.165) is 39.4 Å².